The van der Waals surface area contributed by atoms with Crippen molar-refractivity contribution in [1.29, 1.82) is 0 Å². The van der Waals surface area contributed by atoms with E-state index < -0.39 is 0 Å². The van der Waals surface area contributed by atoms with Gasteiger partial charge in [-0.15, -0.1) is 0 Å². The number of carbonyl (C=O) groups excluding carboxylic acids is 2. The molecule has 0 aromatic carbocycles. The van der Waals surface area contributed by atoms with Crippen LogP contribution in [0.4, 0.5) is 0 Å². The highest BCUT2D eigenvalue weighted by Gasteiger charge is 2.35. The summed E-state index contributed by atoms with van der Waals surface area (Å²) in [6, 6.07) is 0. The molecule has 0 aromatic heterocycles. The number of imide groups is 1. The summed E-state index contributed by atoms with van der Waals surface area (Å²) in [5, 5.41) is 2.28. The van der Waals surface area contributed by atoms with Gasteiger partial charge in [0.1, 0.15) is 0 Å². The van der Waals surface area contributed by atoms with E-state index in [-0.39, 0.29) is 30.3 Å². The molecule has 2 atom stereocenters. The summed E-state index contributed by atoms with van der Waals surface area (Å²) < 4.78 is 5.49. The fourth-order valence-electron chi connectivity index (χ4n) is 1.41. The first kappa shape index (κ1) is 11.2. The van der Waals surface area contributed by atoms with Crippen molar-refractivity contribution in [2.75, 3.05) is 6.61 Å². The van der Waals surface area contributed by atoms with Crippen LogP contribution in [0.2, 0.25) is 0 Å². The molecule has 2 unspecified atom stereocenters. The highest BCUT2D eigenvalue weighted by atomic mass is 16.5. The molecule has 0 aliphatic carbocycles. The average Bonchev–Trinajstić information content (AvgIpc) is 2.41. The topological polar surface area (TPSA) is 55.4 Å². The lowest BCUT2D eigenvalue weighted by Gasteiger charge is -2.18. The highest BCUT2D eigenvalue weighted by molar-refractivity contribution is 6.03. The highest BCUT2D eigenvalue weighted by Crippen LogP contribution is 2.18. The molecular formula is C10H17NO3. The van der Waals surface area contributed by atoms with Gasteiger partial charge in [0.15, 0.2) is 0 Å². The Labute approximate surface area is 84.0 Å². The van der Waals surface area contributed by atoms with Gasteiger partial charge >= 0.3 is 0 Å². The number of amides is 2. The van der Waals surface area contributed by atoms with Gasteiger partial charge in [-0.3, -0.25) is 14.9 Å². The maximum absolute atomic E-state index is 11.3. The third kappa shape index (κ3) is 2.80. The fraction of sp³-hybridized carbons (Fsp3) is 0.800. The molecule has 0 aromatic rings. The lowest BCUT2D eigenvalue weighted by molar-refractivity contribution is -0.128. The van der Waals surface area contributed by atoms with Crippen LogP contribution >= 0.6 is 0 Å². The molecule has 0 bridgehead atoms. The minimum absolute atomic E-state index is 0.177. The number of ether oxygens (including phenoxy) is 1. The minimum atomic E-state index is -0.304. The van der Waals surface area contributed by atoms with Crippen LogP contribution in [0.25, 0.3) is 0 Å². The van der Waals surface area contributed by atoms with Crippen LogP contribution in [0.1, 0.15) is 27.2 Å². The molecule has 1 saturated heterocycles. The SMILES string of the molecule is CC(C)COC(C)C1CC(=O)NC1=O. The van der Waals surface area contributed by atoms with E-state index in [4.69, 9.17) is 4.74 Å². The molecule has 80 valence electrons. The second-order valence-electron chi connectivity index (χ2n) is 4.16. The van der Waals surface area contributed by atoms with Gasteiger partial charge in [0.2, 0.25) is 11.8 Å². The Morgan fingerprint density at radius 2 is 2.07 bits per heavy atom. The molecule has 4 nitrogen and oxygen atoms in total. The molecule has 14 heavy (non-hydrogen) atoms. The first-order chi connectivity index (χ1) is 6.50. The van der Waals surface area contributed by atoms with Gasteiger partial charge in [0.05, 0.1) is 12.0 Å². The molecule has 1 heterocycles. The number of nitrogens with one attached hydrogen (secondary N) is 1. The van der Waals surface area contributed by atoms with Gasteiger partial charge < -0.3 is 4.74 Å². The third-order valence-electron chi connectivity index (χ3n) is 2.26. The average molecular weight is 199 g/mol. The lowest BCUT2D eigenvalue weighted by atomic mass is 10.0. The summed E-state index contributed by atoms with van der Waals surface area (Å²) in [7, 11) is 0. The Morgan fingerprint density at radius 1 is 1.43 bits per heavy atom. The van der Waals surface area contributed by atoms with Gasteiger partial charge in [0, 0.05) is 13.0 Å². The van der Waals surface area contributed by atoms with Gasteiger partial charge in [-0.25, -0.2) is 0 Å². The van der Waals surface area contributed by atoms with Crippen molar-refractivity contribution in [1.82, 2.24) is 5.32 Å². The smallest absolute Gasteiger partial charge is 0.232 e. The van der Waals surface area contributed by atoms with Crippen molar-refractivity contribution < 1.29 is 14.3 Å². The summed E-state index contributed by atoms with van der Waals surface area (Å²) >= 11 is 0. The van der Waals surface area contributed by atoms with Crippen LogP contribution < -0.4 is 5.32 Å². The third-order valence-corrected chi connectivity index (χ3v) is 2.26. The van der Waals surface area contributed by atoms with Gasteiger partial charge in [-0.2, -0.15) is 0 Å². The first-order valence-corrected chi connectivity index (χ1v) is 4.96. The van der Waals surface area contributed by atoms with Crippen LogP contribution in [-0.2, 0) is 14.3 Å². The summed E-state index contributed by atoms with van der Waals surface area (Å²) in [4.78, 5) is 22.2. The monoisotopic (exact) mass is 199 g/mol. The number of hydrogen-bond acceptors (Lipinski definition) is 3. The van der Waals surface area contributed by atoms with Gasteiger partial charge in [0.25, 0.3) is 0 Å². The van der Waals surface area contributed by atoms with E-state index in [2.05, 4.69) is 5.32 Å². The molecule has 1 aliphatic heterocycles. The van der Waals surface area contributed by atoms with Crippen molar-refractivity contribution in [2.24, 2.45) is 11.8 Å². The zero-order valence-electron chi connectivity index (χ0n) is 8.87. The van der Waals surface area contributed by atoms with Crippen molar-refractivity contribution in [3.05, 3.63) is 0 Å². The molecule has 0 spiro atoms. The predicted molar refractivity (Wildman–Crippen MR) is 51.5 cm³/mol. The van der Waals surface area contributed by atoms with Crippen LogP contribution in [0.5, 0.6) is 0 Å². The second-order valence-corrected chi connectivity index (χ2v) is 4.16. The van der Waals surface area contributed by atoms with Crippen molar-refractivity contribution in [3.8, 4) is 0 Å². The maximum Gasteiger partial charge on any atom is 0.232 e. The van der Waals surface area contributed by atoms with Crippen molar-refractivity contribution in [3.63, 3.8) is 0 Å². The Kier molecular flexibility index (Phi) is 3.63. The summed E-state index contributed by atoms with van der Waals surface area (Å²) in [5.74, 6) is -0.259. The molecule has 1 rings (SSSR count). The van der Waals surface area contributed by atoms with Crippen LogP contribution in [0.3, 0.4) is 0 Å². The maximum atomic E-state index is 11.3. The zero-order valence-corrected chi connectivity index (χ0v) is 8.87. The van der Waals surface area contributed by atoms with E-state index >= 15 is 0 Å². The molecule has 1 fully saturated rings. The molecular weight excluding hydrogens is 182 g/mol. The summed E-state index contributed by atoms with van der Waals surface area (Å²) in [5.41, 5.74) is 0. The zero-order chi connectivity index (χ0) is 10.7. The summed E-state index contributed by atoms with van der Waals surface area (Å²) in [6.07, 6.45) is 0.0850. The Bertz CT molecular complexity index is 238. The minimum Gasteiger partial charge on any atom is -0.377 e. The number of rotatable bonds is 4. The van der Waals surface area contributed by atoms with E-state index in [9.17, 15) is 9.59 Å². The van der Waals surface area contributed by atoms with Crippen molar-refractivity contribution in [2.45, 2.75) is 33.3 Å². The van der Waals surface area contributed by atoms with E-state index in [1.807, 2.05) is 20.8 Å². The van der Waals surface area contributed by atoms with E-state index in [1.54, 1.807) is 0 Å². The van der Waals surface area contributed by atoms with Crippen LogP contribution in [0, 0.1) is 11.8 Å². The first-order valence-electron chi connectivity index (χ1n) is 4.96. The fourth-order valence-corrected chi connectivity index (χ4v) is 1.41. The predicted octanol–water partition coefficient (Wildman–Crippen LogP) is 0.710. The van der Waals surface area contributed by atoms with E-state index in [0.717, 1.165) is 0 Å². The number of carbonyl (C=O) groups is 2. The molecule has 0 saturated carbocycles. The van der Waals surface area contributed by atoms with E-state index in [1.165, 1.54) is 0 Å². The van der Waals surface area contributed by atoms with Crippen LogP contribution in [-0.4, -0.2) is 24.5 Å². The standard InChI is InChI=1S/C10H17NO3/c1-6(2)5-14-7(3)8-4-9(12)11-10(8)13/h6-8H,4-5H2,1-3H3,(H,11,12,13). The number of hydrogen-bond donors (Lipinski definition) is 1. The normalized spacial score (nSPS) is 24.1. The summed E-state index contributed by atoms with van der Waals surface area (Å²) in [6.45, 7) is 6.56. The Hall–Kier alpha value is -0.900. The molecule has 0 radical (unpaired) electrons. The molecule has 1 N–H and O–H groups in total. The Morgan fingerprint density at radius 3 is 2.50 bits per heavy atom. The lowest BCUT2D eigenvalue weighted by Crippen LogP contribution is -2.30. The van der Waals surface area contributed by atoms with Gasteiger partial charge in [-0.05, 0) is 12.8 Å². The van der Waals surface area contributed by atoms with Crippen molar-refractivity contribution >= 4 is 11.8 Å². The van der Waals surface area contributed by atoms with E-state index in [0.29, 0.717) is 12.5 Å². The van der Waals surface area contributed by atoms with Crippen LogP contribution in [0.15, 0.2) is 0 Å². The largest absolute Gasteiger partial charge is 0.377 e. The Balaban J connectivity index is 2.40. The second kappa shape index (κ2) is 4.55. The quantitative estimate of drug-likeness (QED) is 0.678. The molecule has 2 amide bonds. The van der Waals surface area contributed by atoms with Gasteiger partial charge in [-0.1, -0.05) is 13.8 Å². The molecule has 4 heteroatoms. The molecule has 1 aliphatic rings.